The molecular formula is C13H15FN2O2. The zero-order valence-electron chi connectivity index (χ0n) is 10.4. The first kappa shape index (κ1) is 14.0. The van der Waals surface area contributed by atoms with Crippen LogP contribution in [-0.4, -0.2) is 12.6 Å². The third-order valence-electron chi connectivity index (χ3n) is 2.77. The molecule has 0 aliphatic rings. The minimum atomic E-state index is -1.25. The summed E-state index contributed by atoms with van der Waals surface area (Å²) in [6, 6.07) is 5.66. The number of hydrogen-bond donors (Lipinski definition) is 1. The van der Waals surface area contributed by atoms with Crippen LogP contribution in [0.25, 0.3) is 0 Å². The number of anilines is 1. The van der Waals surface area contributed by atoms with Crippen LogP contribution in [0.5, 0.6) is 0 Å². The van der Waals surface area contributed by atoms with Gasteiger partial charge < -0.3 is 10.5 Å². The van der Waals surface area contributed by atoms with Crippen LogP contribution in [0.3, 0.4) is 0 Å². The molecule has 4 nitrogen and oxygen atoms in total. The monoisotopic (exact) mass is 250 g/mol. The van der Waals surface area contributed by atoms with E-state index in [9.17, 15) is 9.18 Å². The molecule has 96 valence electrons. The van der Waals surface area contributed by atoms with Crippen molar-refractivity contribution in [3.05, 3.63) is 29.6 Å². The van der Waals surface area contributed by atoms with Crippen LogP contribution in [0.1, 0.15) is 25.8 Å². The van der Waals surface area contributed by atoms with Gasteiger partial charge in [-0.05, 0) is 37.6 Å². The molecule has 0 saturated heterocycles. The van der Waals surface area contributed by atoms with Crippen LogP contribution in [0.2, 0.25) is 0 Å². The topological polar surface area (TPSA) is 76.1 Å². The number of rotatable bonds is 4. The zero-order valence-corrected chi connectivity index (χ0v) is 10.4. The Morgan fingerprint density at radius 3 is 2.83 bits per heavy atom. The fourth-order valence-corrected chi connectivity index (χ4v) is 1.73. The predicted octanol–water partition coefficient (Wildman–Crippen LogP) is 2.14. The van der Waals surface area contributed by atoms with E-state index >= 15 is 0 Å². The molecule has 1 aromatic carbocycles. The summed E-state index contributed by atoms with van der Waals surface area (Å²) >= 11 is 0. The summed E-state index contributed by atoms with van der Waals surface area (Å²) in [5.74, 6) is -1.09. The third kappa shape index (κ3) is 2.59. The predicted molar refractivity (Wildman–Crippen MR) is 65.0 cm³/mol. The van der Waals surface area contributed by atoms with Crippen LogP contribution in [0, 0.1) is 17.1 Å². The molecule has 0 saturated carbocycles. The summed E-state index contributed by atoms with van der Waals surface area (Å²) < 4.78 is 18.2. The highest BCUT2D eigenvalue weighted by Crippen LogP contribution is 2.33. The van der Waals surface area contributed by atoms with E-state index < -0.39 is 17.2 Å². The van der Waals surface area contributed by atoms with E-state index in [0.717, 1.165) is 0 Å². The first-order chi connectivity index (χ1) is 8.45. The van der Waals surface area contributed by atoms with E-state index in [1.807, 2.05) is 6.07 Å². The van der Waals surface area contributed by atoms with E-state index in [1.165, 1.54) is 25.1 Å². The first-order valence-corrected chi connectivity index (χ1v) is 5.55. The summed E-state index contributed by atoms with van der Waals surface area (Å²) in [5, 5.41) is 8.85. The summed E-state index contributed by atoms with van der Waals surface area (Å²) in [6.45, 7) is 3.38. The molecule has 0 spiro atoms. The van der Waals surface area contributed by atoms with Crippen molar-refractivity contribution in [2.75, 3.05) is 12.3 Å². The second-order valence-corrected chi connectivity index (χ2v) is 4.12. The number of carbonyl (C=O) groups excluding carboxylic acids is 1. The average Bonchev–Trinajstić information content (AvgIpc) is 2.32. The number of carbonyl (C=O) groups is 1. The molecule has 5 heteroatoms. The van der Waals surface area contributed by atoms with Gasteiger partial charge in [-0.1, -0.05) is 0 Å². The Bertz CT molecular complexity index is 496. The van der Waals surface area contributed by atoms with Gasteiger partial charge in [-0.25, -0.2) is 4.39 Å². The van der Waals surface area contributed by atoms with Gasteiger partial charge in [0.1, 0.15) is 11.2 Å². The highest BCUT2D eigenvalue weighted by molar-refractivity contribution is 5.85. The van der Waals surface area contributed by atoms with E-state index in [0.29, 0.717) is 0 Å². The Labute approximate surface area is 105 Å². The Morgan fingerprint density at radius 1 is 1.61 bits per heavy atom. The number of halogens is 1. The molecule has 1 aromatic rings. The van der Waals surface area contributed by atoms with Crippen molar-refractivity contribution in [2.45, 2.75) is 25.7 Å². The van der Waals surface area contributed by atoms with E-state index in [2.05, 4.69) is 0 Å². The van der Waals surface area contributed by atoms with E-state index in [1.54, 1.807) is 6.92 Å². The van der Waals surface area contributed by atoms with Gasteiger partial charge in [-0.3, -0.25) is 4.79 Å². The summed E-state index contributed by atoms with van der Waals surface area (Å²) in [4.78, 5) is 12.0. The highest BCUT2D eigenvalue weighted by atomic mass is 19.1. The Kier molecular flexibility index (Phi) is 4.27. The van der Waals surface area contributed by atoms with Gasteiger partial charge in [0.05, 0.1) is 19.1 Å². The molecule has 2 N–H and O–H groups in total. The first-order valence-electron chi connectivity index (χ1n) is 5.55. The molecule has 0 amide bonds. The number of nitrogens with two attached hydrogens (primary N) is 1. The fraction of sp³-hybridized carbons (Fsp3) is 0.385. The number of nitriles is 1. The van der Waals surface area contributed by atoms with Gasteiger partial charge in [-0.2, -0.15) is 5.26 Å². The average molecular weight is 250 g/mol. The molecule has 0 aliphatic carbocycles. The second kappa shape index (κ2) is 5.50. The Hall–Kier alpha value is -2.09. The van der Waals surface area contributed by atoms with Crippen molar-refractivity contribution in [2.24, 2.45) is 0 Å². The molecule has 1 rings (SSSR count). The van der Waals surface area contributed by atoms with Gasteiger partial charge in [0, 0.05) is 5.69 Å². The zero-order chi connectivity index (χ0) is 13.8. The minimum Gasteiger partial charge on any atom is -0.465 e. The molecular weight excluding hydrogens is 235 g/mol. The molecule has 0 bridgehead atoms. The van der Waals surface area contributed by atoms with Gasteiger partial charge in [0.15, 0.2) is 0 Å². The number of hydrogen-bond acceptors (Lipinski definition) is 4. The molecule has 1 atom stereocenters. The van der Waals surface area contributed by atoms with Gasteiger partial charge in [0.2, 0.25) is 0 Å². The highest BCUT2D eigenvalue weighted by Gasteiger charge is 2.38. The summed E-state index contributed by atoms with van der Waals surface area (Å²) in [6.07, 6.45) is -0.126. The third-order valence-corrected chi connectivity index (χ3v) is 2.77. The largest absolute Gasteiger partial charge is 0.465 e. The Morgan fingerprint density at radius 2 is 2.28 bits per heavy atom. The quantitative estimate of drug-likeness (QED) is 0.656. The lowest BCUT2D eigenvalue weighted by molar-refractivity contribution is -0.149. The summed E-state index contributed by atoms with van der Waals surface area (Å²) in [5.41, 5.74) is 5.05. The van der Waals surface area contributed by atoms with Crippen molar-refractivity contribution >= 4 is 11.7 Å². The minimum absolute atomic E-state index is 0.126. The van der Waals surface area contributed by atoms with E-state index in [4.69, 9.17) is 15.7 Å². The van der Waals surface area contributed by atoms with Gasteiger partial charge in [0.25, 0.3) is 0 Å². The molecule has 0 radical (unpaired) electrons. The molecule has 18 heavy (non-hydrogen) atoms. The normalized spacial score (nSPS) is 13.4. The van der Waals surface area contributed by atoms with Crippen molar-refractivity contribution in [1.82, 2.24) is 0 Å². The lowest BCUT2D eigenvalue weighted by atomic mass is 9.79. The lowest BCUT2D eigenvalue weighted by Crippen LogP contribution is -2.35. The number of nitrogens with zero attached hydrogens (tertiary/aromatic N) is 1. The smallest absolute Gasteiger partial charge is 0.317 e. The van der Waals surface area contributed by atoms with Crippen LogP contribution in [0.4, 0.5) is 10.1 Å². The maximum Gasteiger partial charge on any atom is 0.317 e. The maximum atomic E-state index is 13.3. The van der Waals surface area contributed by atoms with E-state index in [-0.39, 0.29) is 24.3 Å². The SMILES string of the molecule is CCOC(=O)C(C)(CC#N)c1cc(F)ccc1N. The van der Waals surface area contributed by atoms with Crippen molar-refractivity contribution in [3.63, 3.8) is 0 Å². The van der Waals surface area contributed by atoms with Crippen molar-refractivity contribution < 1.29 is 13.9 Å². The molecule has 1 unspecified atom stereocenters. The van der Waals surface area contributed by atoms with Crippen molar-refractivity contribution in [1.29, 1.82) is 5.26 Å². The van der Waals surface area contributed by atoms with Crippen LogP contribution < -0.4 is 5.73 Å². The standard InChI is InChI=1S/C13H15FN2O2/c1-3-18-12(17)13(2,6-7-15)10-8-9(14)4-5-11(10)16/h4-5,8H,3,6,16H2,1-2H3. The fourth-order valence-electron chi connectivity index (χ4n) is 1.73. The second-order valence-electron chi connectivity index (χ2n) is 4.12. The van der Waals surface area contributed by atoms with Crippen molar-refractivity contribution in [3.8, 4) is 6.07 Å². The molecule has 0 aromatic heterocycles. The Balaban J connectivity index is 3.31. The lowest BCUT2D eigenvalue weighted by Gasteiger charge is -2.26. The van der Waals surface area contributed by atoms with Crippen LogP contribution in [0.15, 0.2) is 18.2 Å². The van der Waals surface area contributed by atoms with Crippen LogP contribution >= 0.6 is 0 Å². The maximum absolute atomic E-state index is 13.3. The number of ether oxygens (including phenoxy) is 1. The summed E-state index contributed by atoms with van der Waals surface area (Å²) in [7, 11) is 0. The van der Waals surface area contributed by atoms with Gasteiger partial charge in [-0.15, -0.1) is 0 Å². The number of esters is 1. The number of nitrogen functional groups attached to an aromatic ring is 1. The molecule has 0 fully saturated rings. The molecule has 0 aliphatic heterocycles. The number of benzene rings is 1. The van der Waals surface area contributed by atoms with Gasteiger partial charge >= 0.3 is 5.97 Å². The van der Waals surface area contributed by atoms with Crippen LogP contribution in [-0.2, 0) is 14.9 Å². The molecule has 0 heterocycles.